The monoisotopic (exact) mass is 507 g/mol. The molecule has 3 heterocycles. The minimum Gasteiger partial charge on any atom is -0.462 e. The first-order valence-electron chi connectivity index (χ1n) is 12.1. The number of thiazole rings is 1. The number of para-hydroxylation sites is 1. The van der Waals surface area contributed by atoms with Crippen LogP contribution in [0, 0.1) is 11.3 Å². The largest absolute Gasteiger partial charge is 0.462 e. The molecule has 0 radical (unpaired) electrons. The summed E-state index contributed by atoms with van der Waals surface area (Å²) in [5, 5.41) is 11.4. The Morgan fingerprint density at radius 1 is 1.11 bits per heavy atom. The van der Waals surface area contributed by atoms with Gasteiger partial charge in [0.25, 0.3) is 0 Å². The lowest BCUT2D eigenvalue weighted by Crippen LogP contribution is -2.21. The van der Waals surface area contributed by atoms with Crippen LogP contribution in [-0.2, 0) is 4.74 Å². The van der Waals surface area contributed by atoms with Crippen LogP contribution in [0.5, 0.6) is 0 Å². The van der Waals surface area contributed by atoms with Crippen molar-refractivity contribution in [1.82, 2.24) is 4.98 Å². The molecule has 1 aliphatic heterocycles. The molecule has 7 heteroatoms. The SMILES string of the molecule is CCN(CC)c1ccc2cc(/C=C/C3=CC(=C(/C#N)c4nc5ccccc5s4)/C=C(C)O3)c(=O)oc2c1. The van der Waals surface area contributed by atoms with Crippen LogP contribution in [0.25, 0.3) is 32.8 Å². The number of nitriles is 1. The number of nitrogens with zero attached hydrogens (tertiary/aromatic N) is 3. The zero-order chi connectivity index (χ0) is 25.9. The van der Waals surface area contributed by atoms with Gasteiger partial charge in [-0.2, -0.15) is 5.26 Å². The Bertz CT molecular complexity index is 1690. The predicted molar refractivity (Wildman–Crippen MR) is 150 cm³/mol. The van der Waals surface area contributed by atoms with Crippen LogP contribution in [0.4, 0.5) is 5.69 Å². The van der Waals surface area contributed by atoms with Gasteiger partial charge in [-0.15, -0.1) is 11.3 Å². The maximum Gasteiger partial charge on any atom is 0.343 e. The first kappa shape index (κ1) is 24.3. The van der Waals surface area contributed by atoms with Gasteiger partial charge in [0.15, 0.2) is 0 Å². The summed E-state index contributed by atoms with van der Waals surface area (Å²) in [4.78, 5) is 19.6. The normalized spacial score (nSPS) is 14.9. The second-order valence-electron chi connectivity index (χ2n) is 8.55. The molecule has 1 aliphatic rings. The smallest absolute Gasteiger partial charge is 0.343 e. The average molecular weight is 508 g/mol. The fraction of sp³-hybridized carbons (Fsp3) is 0.167. The highest BCUT2D eigenvalue weighted by Gasteiger charge is 2.16. The molecule has 0 atom stereocenters. The van der Waals surface area contributed by atoms with Crippen LogP contribution in [0.3, 0.4) is 0 Å². The van der Waals surface area contributed by atoms with Crippen molar-refractivity contribution in [2.45, 2.75) is 20.8 Å². The van der Waals surface area contributed by atoms with E-state index in [9.17, 15) is 10.1 Å². The van der Waals surface area contributed by atoms with Gasteiger partial charge in [0, 0.05) is 35.8 Å². The number of benzene rings is 2. The zero-order valence-corrected chi connectivity index (χ0v) is 21.6. The second-order valence-corrected chi connectivity index (χ2v) is 9.58. The van der Waals surface area contributed by atoms with Crippen molar-refractivity contribution in [1.29, 1.82) is 5.26 Å². The fourth-order valence-electron chi connectivity index (χ4n) is 4.29. The summed E-state index contributed by atoms with van der Waals surface area (Å²) < 4.78 is 12.5. The van der Waals surface area contributed by atoms with Gasteiger partial charge in [0.2, 0.25) is 0 Å². The van der Waals surface area contributed by atoms with Gasteiger partial charge in [-0.25, -0.2) is 9.78 Å². The molecule has 4 aromatic rings. The Hall–Kier alpha value is -4.41. The van der Waals surface area contributed by atoms with Crippen molar-refractivity contribution in [3.05, 3.63) is 105 Å². The minimum atomic E-state index is -0.424. The topological polar surface area (TPSA) is 79.4 Å². The highest BCUT2D eigenvalue weighted by molar-refractivity contribution is 7.19. The highest BCUT2D eigenvalue weighted by atomic mass is 32.1. The first-order chi connectivity index (χ1) is 18.0. The van der Waals surface area contributed by atoms with Crippen LogP contribution < -0.4 is 10.5 Å². The van der Waals surface area contributed by atoms with Gasteiger partial charge >= 0.3 is 5.63 Å². The molecule has 2 aromatic heterocycles. The molecular weight excluding hydrogens is 482 g/mol. The van der Waals surface area contributed by atoms with E-state index < -0.39 is 5.63 Å². The molecule has 0 unspecified atom stereocenters. The number of rotatable bonds is 6. The van der Waals surface area contributed by atoms with Gasteiger partial charge in [-0.1, -0.05) is 12.1 Å². The number of anilines is 1. The average Bonchev–Trinajstić information content (AvgIpc) is 3.32. The van der Waals surface area contributed by atoms with E-state index in [0.717, 1.165) is 34.4 Å². The number of hydrogen-bond donors (Lipinski definition) is 0. The Morgan fingerprint density at radius 3 is 2.68 bits per heavy atom. The Morgan fingerprint density at radius 2 is 1.92 bits per heavy atom. The molecule has 0 N–H and O–H groups in total. The molecule has 0 bridgehead atoms. The number of fused-ring (bicyclic) bond motifs is 2. The van der Waals surface area contributed by atoms with Crippen LogP contribution in [0.1, 0.15) is 31.3 Å². The summed E-state index contributed by atoms with van der Waals surface area (Å²) in [5.41, 5.74) is 3.61. The third-order valence-corrected chi connectivity index (χ3v) is 7.20. The Labute approximate surface area is 218 Å². The first-order valence-corrected chi connectivity index (χ1v) is 12.9. The van der Waals surface area contributed by atoms with E-state index in [1.807, 2.05) is 61.5 Å². The molecule has 184 valence electrons. The van der Waals surface area contributed by atoms with E-state index in [4.69, 9.17) is 9.15 Å². The van der Waals surface area contributed by atoms with Gasteiger partial charge in [-0.05, 0) is 75.4 Å². The molecule has 0 aliphatic carbocycles. The molecule has 6 nitrogen and oxygen atoms in total. The van der Waals surface area contributed by atoms with E-state index in [2.05, 4.69) is 29.8 Å². The van der Waals surface area contributed by atoms with Crippen LogP contribution in [0.2, 0.25) is 0 Å². The lowest BCUT2D eigenvalue weighted by atomic mass is 10.1. The minimum absolute atomic E-state index is 0.414. The van der Waals surface area contributed by atoms with Gasteiger partial charge in [-0.3, -0.25) is 0 Å². The summed E-state index contributed by atoms with van der Waals surface area (Å²) in [6.45, 7) is 7.76. The Balaban J connectivity index is 1.48. The summed E-state index contributed by atoms with van der Waals surface area (Å²) in [5.74, 6) is 1.15. The molecule has 0 saturated heterocycles. The third kappa shape index (κ3) is 4.97. The molecular formula is C30H25N3O3S. The fourth-order valence-corrected chi connectivity index (χ4v) is 5.27. The van der Waals surface area contributed by atoms with Crippen molar-refractivity contribution >= 4 is 49.9 Å². The summed E-state index contributed by atoms with van der Waals surface area (Å²) in [6.07, 6.45) is 6.99. The quantitative estimate of drug-likeness (QED) is 0.205. The molecule has 0 spiro atoms. The maximum atomic E-state index is 12.7. The molecule has 0 amide bonds. The van der Waals surface area contributed by atoms with Crippen molar-refractivity contribution in [2.24, 2.45) is 0 Å². The lowest BCUT2D eigenvalue weighted by molar-refractivity contribution is 0.318. The number of hydrogen-bond acceptors (Lipinski definition) is 7. The van der Waals surface area contributed by atoms with E-state index in [1.54, 1.807) is 18.2 Å². The van der Waals surface area contributed by atoms with Crippen molar-refractivity contribution in [3.8, 4) is 6.07 Å². The lowest BCUT2D eigenvalue weighted by Gasteiger charge is -2.20. The molecule has 37 heavy (non-hydrogen) atoms. The third-order valence-electron chi connectivity index (χ3n) is 6.15. The zero-order valence-electron chi connectivity index (χ0n) is 20.8. The van der Waals surface area contributed by atoms with E-state index in [-0.39, 0.29) is 0 Å². The molecule has 5 rings (SSSR count). The number of allylic oxidation sites excluding steroid dienone is 6. The number of aromatic nitrogens is 1. The molecule has 0 fully saturated rings. The van der Waals surface area contributed by atoms with Gasteiger partial charge < -0.3 is 14.1 Å². The van der Waals surface area contributed by atoms with Crippen LogP contribution >= 0.6 is 11.3 Å². The van der Waals surface area contributed by atoms with Crippen molar-refractivity contribution < 1.29 is 9.15 Å². The Kier molecular flexibility index (Phi) is 6.76. The van der Waals surface area contributed by atoms with Crippen LogP contribution in [-0.4, -0.2) is 18.1 Å². The summed E-state index contributed by atoms with van der Waals surface area (Å²) >= 11 is 1.48. The second kappa shape index (κ2) is 10.3. The summed E-state index contributed by atoms with van der Waals surface area (Å²) in [6, 6.07) is 17.8. The van der Waals surface area contributed by atoms with Crippen molar-refractivity contribution in [3.63, 3.8) is 0 Å². The highest BCUT2D eigenvalue weighted by Crippen LogP contribution is 2.32. The van der Waals surface area contributed by atoms with E-state index in [1.165, 1.54) is 11.3 Å². The van der Waals surface area contributed by atoms with E-state index in [0.29, 0.717) is 38.8 Å². The maximum absolute atomic E-state index is 12.7. The van der Waals surface area contributed by atoms with Crippen molar-refractivity contribution in [2.75, 3.05) is 18.0 Å². The van der Waals surface area contributed by atoms with Gasteiger partial charge in [0.1, 0.15) is 28.2 Å². The van der Waals surface area contributed by atoms with E-state index >= 15 is 0 Å². The molecule has 2 aromatic carbocycles. The van der Waals surface area contributed by atoms with Crippen LogP contribution in [0.15, 0.2) is 93.1 Å². The number of ether oxygens (including phenoxy) is 1. The summed E-state index contributed by atoms with van der Waals surface area (Å²) in [7, 11) is 0. The van der Waals surface area contributed by atoms with Gasteiger partial charge in [0.05, 0.1) is 21.4 Å². The standard InChI is InChI=1S/C30H25N3O3S/c1-4-33(5-2)23-12-10-20-15-21(30(34)36-27(20)17-23)11-13-24-16-22(14-19(3)35-24)25(18-31)29-32-26-8-6-7-9-28(26)37-29/h6-17H,4-5H2,1-3H3/b13-11+,25-22-. The predicted octanol–water partition coefficient (Wildman–Crippen LogP) is 7.06. The molecule has 0 saturated carbocycles.